The van der Waals surface area contributed by atoms with E-state index in [4.69, 9.17) is 5.73 Å². The van der Waals surface area contributed by atoms with Gasteiger partial charge in [-0.1, -0.05) is 30.3 Å². The second kappa shape index (κ2) is 12.4. The van der Waals surface area contributed by atoms with Gasteiger partial charge in [0.1, 0.15) is 12.1 Å². The number of alkyl halides is 3. The van der Waals surface area contributed by atoms with Crippen molar-refractivity contribution >= 4 is 30.1 Å². The molecule has 0 saturated heterocycles. The van der Waals surface area contributed by atoms with Crippen LogP contribution in [-0.4, -0.2) is 66.7 Å². The Morgan fingerprint density at radius 1 is 1.17 bits per heavy atom. The van der Waals surface area contributed by atoms with Gasteiger partial charge in [-0.05, 0) is 12.0 Å². The summed E-state index contributed by atoms with van der Waals surface area (Å²) in [4.78, 5) is 37.6. The third-order valence-corrected chi connectivity index (χ3v) is 3.98. The first-order chi connectivity index (χ1) is 13.4. The number of carbonyl (C=O) groups is 3. The molecule has 2 unspecified atom stereocenters. The monoisotopic (exact) mass is 454 g/mol. The van der Waals surface area contributed by atoms with E-state index in [1.807, 2.05) is 0 Å². The molecular formula is C18H26ClF3N4O4. The normalized spacial score (nSPS) is 14.0. The third kappa shape index (κ3) is 9.42. The van der Waals surface area contributed by atoms with E-state index in [0.29, 0.717) is 5.56 Å². The molecule has 0 aliphatic heterocycles. The number of likely N-dealkylation sites (N-methyl/N-ethyl adjacent to an activating group) is 1. The van der Waals surface area contributed by atoms with Crippen molar-refractivity contribution in [2.45, 2.75) is 37.2 Å². The molecule has 30 heavy (non-hydrogen) atoms. The number of halogens is 4. The zero-order chi connectivity index (χ0) is 22.2. The maximum Gasteiger partial charge on any atom is 0.389 e. The van der Waals surface area contributed by atoms with Crippen molar-refractivity contribution in [2.75, 3.05) is 20.6 Å². The standard InChI is InChI=1S/C18H25F3N4O4.ClH/c1-25(2)17(29)14(11-6-4-3-5-7-11)24-13(26)10-23-16(28)15(27)12(22)8-9-18(19,20)21;/h3-7,12,14-15,27H,8-10,22H2,1-2H3,(H,23,28)(H,24,26);1H/t12?,14-,15?;/m0./s1. The van der Waals surface area contributed by atoms with Gasteiger partial charge < -0.3 is 26.4 Å². The molecule has 0 aliphatic carbocycles. The van der Waals surface area contributed by atoms with Crippen molar-refractivity contribution in [1.29, 1.82) is 0 Å². The molecule has 3 amide bonds. The van der Waals surface area contributed by atoms with Crippen LogP contribution in [0.5, 0.6) is 0 Å². The van der Waals surface area contributed by atoms with Crippen molar-refractivity contribution in [2.24, 2.45) is 5.73 Å². The van der Waals surface area contributed by atoms with Gasteiger partial charge in [0.15, 0.2) is 0 Å². The van der Waals surface area contributed by atoms with Crippen LogP contribution in [0.3, 0.4) is 0 Å². The molecule has 3 atom stereocenters. The van der Waals surface area contributed by atoms with Crippen molar-refractivity contribution in [3.05, 3.63) is 35.9 Å². The molecule has 1 rings (SSSR count). The number of nitrogens with zero attached hydrogens (tertiary/aromatic N) is 1. The lowest BCUT2D eigenvalue weighted by atomic mass is 10.1. The molecular weight excluding hydrogens is 429 g/mol. The van der Waals surface area contributed by atoms with Crippen molar-refractivity contribution in [3.63, 3.8) is 0 Å². The Hall–Kier alpha value is -2.37. The number of hydrogen-bond acceptors (Lipinski definition) is 5. The Morgan fingerprint density at radius 3 is 2.23 bits per heavy atom. The highest BCUT2D eigenvalue weighted by atomic mass is 35.5. The van der Waals surface area contributed by atoms with E-state index < -0.39 is 61.5 Å². The highest BCUT2D eigenvalue weighted by Gasteiger charge is 2.31. The summed E-state index contributed by atoms with van der Waals surface area (Å²) < 4.78 is 36.6. The Balaban J connectivity index is 0.00000841. The maximum atomic E-state index is 12.3. The molecule has 0 saturated carbocycles. The van der Waals surface area contributed by atoms with Crippen molar-refractivity contribution in [3.8, 4) is 0 Å². The number of amides is 3. The predicted molar refractivity (Wildman–Crippen MR) is 106 cm³/mol. The fourth-order valence-electron chi connectivity index (χ4n) is 2.36. The summed E-state index contributed by atoms with van der Waals surface area (Å²) in [5.74, 6) is -2.20. The zero-order valence-corrected chi connectivity index (χ0v) is 17.3. The maximum absolute atomic E-state index is 12.3. The van der Waals surface area contributed by atoms with E-state index >= 15 is 0 Å². The molecule has 0 heterocycles. The first-order valence-electron chi connectivity index (χ1n) is 8.76. The summed E-state index contributed by atoms with van der Waals surface area (Å²) in [6.07, 6.45) is -8.25. The fraction of sp³-hybridized carbons (Fsp3) is 0.500. The number of carbonyl (C=O) groups excluding carboxylic acids is 3. The molecule has 0 bridgehead atoms. The zero-order valence-electron chi connectivity index (χ0n) is 16.5. The minimum Gasteiger partial charge on any atom is -0.382 e. The lowest BCUT2D eigenvalue weighted by Crippen LogP contribution is -2.50. The molecule has 5 N–H and O–H groups in total. The van der Waals surface area contributed by atoms with Crippen molar-refractivity contribution in [1.82, 2.24) is 15.5 Å². The summed E-state index contributed by atoms with van der Waals surface area (Å²) in [6.45, 7) is -0.591. The number of hydrogen-bond donors (Lipinski definition) is 4. The molecule has 1 aromatic rings. The van der Waals surface area contributed by atoms with Gasteiger partial charge in [-0.2, -0.15) is 13.2 Å². The lowest BCUT2D eigenvalue weighted by Gasteiger charge is -2.23. The van der Waals surface area contributed by atoms with Gasteiger partial charge in [-0.15, -0.1) is 12.4 Å². The van der Waals surface area contributed by atoms with E-state index in [-0.39, 0.29) is 12.4 Å². The largest absolute Gasteiger partial charge is 0.389 e. The molecule has 0 spiro atoms. The Labute approximate surface area is 178 Å². The Morgan fingerprint density at radius 2 is 1.73 bits per heavy atom. The van der Waals surface area contributed by atoms with Crippen LogP contribution < -0.4 is 16.4 Å². The highest BCUT2D eigenvalue weighted by Crippen LogP contribution is 2.22. The topological polar surface area (TPSA) is 125 Å². The molecule has 1 aromatic carbocycles. The number of nitrogens with one attached hydrogen (secondary N) is 2. The smallest absolute Gasteiger partial charge is 0.382 e. The van der Waals surface area contributed by atoms with Gasteiger partial charge in [0.2, 0.25) is 11.8 Å². The fourth-order valence-corrected chi connectivity index (χ4v) is 2.36. The van der Waals surface area contributed by atoms with E-state index in [1.165, 1.54) is 19.0 Å². The van der Waals surface area contributed by atoms with Crippen LogP contribution >= 0.6 is 12.4 Å². The molecule has 0 fully saturated rings. The third-order valence-electron chi connectivity index (χ3n) is 3.98. The second-order valence-electron chi connectivity index (χ2n) is 6.62. The minimum absolute atomic E-state index is 0. The number of nitrogens with two attached hydrogens (primary N) is 1. The van der Waals surface area contributed by atoms with Crippen LogP contribution in [0.2, 0.25) is 0 Å². The molecule has 8 nitrogen and oxygen atoms in total. The summed E-state index contributed by atoms with van der Waals surface area (Å²) in [6, 6.07) is 5.99. The molecule has 12 heteroatoms. The van der Waals surface area contributed by atoms with Crippen LogP contribution in [0.4, 0.5) is 13.2 Å². The summed E-state index contributed by atoms with van der Waals surface area (Å²) >= 11 is 0. The SMILES string of the molecule is CN(C)C(=O)[C@@H](NC(=O)CNC(=O)C(O)C(N)CCC(F)(F)F)c1ccccc1.Cl. The lowest BCUT2D eigenvalue weighted by molar-refractivity contribution is -0.141. The quantitative estimate of drug-likeness (QED) is 0.432. The van der Waals surface area contributed by atoms with E-state index in [1.54, 1.807) is 30.3 Å². The van der Waals surface area contributed by atoms with Crippen LogP contribution in [0.15, 0.2) is 30.3 Å². The van der Waals surface area contributed by atoms with Gasteiger partial charge in [0.25, 0.3) is 5.91 Å². The first-order valence-corrected chi connectivity index (χ1v) is 8.76. The van der Waals surface area contributed by atoms with Crippen LogP contribution in [0, 0.1) is 0 Å². The van der Waals surface area contributed by atoms with E-state index in [2.05, 4.69) is 10.6 Å². The number of aliphatic hydroxyl groups is 1. The van der Waals surface area contributed by atoms with Gasteiger partial charge in [0.05, 0.1) is 6.54 Å². The van der Waals surface area contributed by atoms with Crippen LogP contribution in [-0.2, 0) is 14.4 Å². The molecule has 0 aromatic heterocycles. The highest BCUT2D eigenvalue weighted by molar-refractivity contribution is 5.91. The summed E-state index contributed by atoms with van der Waals surface area (Å²) in [7, 11) is 3.04. The molecule has 0 aliphatic rings. The second-order valence-corrected chi connectivity index (χ2v) is 6.62. The van der Waals surface area contributed by atoms with E-state index in [0.717, 1.165) is 0 Å². The van der Waals surface area contributed by atoms with Crippen molar-refractivity contribution < 1.29 is 32.7 Å². The molecule has 170 valence electrons. The average Bonchev–Trinajstić information content (AvgIpc) is 2.67. The molecule has 0 radical (unpaired) electrons. The van der Waals surface area contributed by atoms with Gasteiger partial charge in [0, 0.05) is 26.6 Å². The van der Waals surface area contributed by atoms with Crippen LogP contribution in [0.25, 0.3) is 0 Å². The summed E-state index contributed by atoms with van der Waals surface area (Å²) in [5.41, 5.74) is 5.93. The number of aliphatic hydroxyl groups excluding tert-OH is 1. The van der Waals surface area contributed by atoms with Gasteiger partial charge in [-0.3, -0.25) is 14.4 Å². The predicted octanol–water partition coefficient (Wildman–Crippen LogP) is 0.501. The first kappa shape index (κ1) is 27.6. The van der Waals surface area contributed by atoms with E-state index in [9.17, 15) is 32.7 Å². The van der Waals surface area contributed by atoms with Gasteiger partial charge in [-0.25, -0.2) is 0 Å². The Bertz CT molecular complexity index is 704. The summed E-state index contributed by atoms with van der Waals surface area (Å²) in [5, 5.41) is 14.3. The number of rotatable bonds is 9. The van der Waals surface area contributed by atoms with Gasteiger partial charge >= 0.3 is 6.18 Å². The van der Waals surface area contributed by atoms with Crippen LogP contribution in [0.1, 0.15) is 24.4 Å². The average molecular weight is 455 g/mol. The minimum atomic E-state index is -4.46. The Kier molecular flexibility index (Phi) is 11.4. The number of benzene rings is 1.